The molecule has 1 heterocycles. The van der Waals surface area contributed by atoms with E-state index in [0.717, 1.165) is 36.1 Å². The highest BCUT2D eigenvalue weighted by atomic mass is 16.5. The number of rotatable bonds is 6. The molecule has 2 aromatic rings. The maximum atomic E-state index is 13.7. The van der Waals surface area contributed by atoms with Crippen molar-refractivity contribution >= 4 is 23.7 Å². The van der Waals surface area contributed by atoms with Gasteiger partial charge in [-0.1, -0.05) is 68.1 Å². The van der Waals surface area contributed by atoms with Gasteiger partial charge in [-0.05, 0) is 30.5 Å². The van der Waals surface area contributed by atoms with Gasteiger partial charge in [0.15, 0.2) is 0 Å². The molecule has 172 valence electrons. The summed E-state index contributed by atoms with van der Waals surface area (Å²) in [5, 5.41) is 2.93. The lowest BCUT2D eigenvalue weighted by molar-refractivity contribution is -0.152. The van der Waals surface area contributed by atoms with Gasteiger partial charge >= 0.3 is 5.97 Å². The quantitative estimate of drug-likeness (QED) is 0.416. The second kappa shape index (κ2) is 9.57. The molecule has 7 heteroatoms. The Kier molecular flexibility index (Phi) is 6.58. The molecule has 0 aromatic heterocycles. The van der Waals surface area contributed by atoms with E-state index in [-0.39, 0.29) is 17.5 Å². The number of nitrogens with one attached hydrogen (secondary N) is 1. The fourth-order valence-electron chi connectivity index (χ4n) is 4.86. The van der Waals surface area contributed by atoms with E-state index in [4.69, 9.17) is 4.74 Å². The number of esters is 1. The van der Waals surface area contributed by atoms with Crippen molar-refractivity contribution in [2.75, 3.05) is 7.11 Å². The molecule has 1 N–H and O–H groups in total. The predicted octanol–water partition coefficient (Wildman–Crippen LogP) is 3.28. The summed E-state index contributed by atoms with van der Waals surface area (Å²) in [6, 6.07) is 14.7. The fourth-order valence-corrected chi connectivity index (χ4v) is 4.86. The molecule has 1 fully saturated rings. The average molecular weight is 449 g/mol. The molecular weight excluding hydrogens is 420 g/mol. The lowest BCUT2D eigenvalue weighted by atomic mass is 9.89. The average Bonchev–Trinajstić information content (AvgIpc) is 2.98. The topological polar surface area (TPSA) is 92.8 Å². The van der Waals surface area contributed by atoms with Crippen molar-refractivity contribution < 1.29 is 23.9 Å². The normalized spacial score (nSPS) is 18.3. The standard InChI is InChI=1S/C26H28N2O5/c1-33-25(32)26(15-9-2-3-10-16-26)27-22(29)21(17-18-11-5-4-6-12-18)28-23(30)19-13-7-8-14-20(19)24(28)31/h4-8,11-14,21H,2-3,9-10,15-17H2,1H3,(H,27,29)/t21-/m1/s1. The summed E-state index contributed by atoms with van der Waals surface area (Å²) in [5.41, 5.74) is 0.217. The van der Waals surface area contributed by atoms with Gasteiger partial charge in [0.25, 0.3) is 11.8 Å². The summed E-state index contributed by atoms with van der Waals surface area (Å²) in [7, 11) is 1.31. The van der Waals surface area contributed by atoms with Crippen LogP contribution in [0.1, 0.15) is 64.8 Å². The van der Waals surface area contributed by atoms with Crippen LogP contribution >= 0.6 is 0 Å². The Morgan fingerprint density at radius 3 is 2.00 bits per heavy atom. The first kappa shape index (κ1) is 22.7. The van der Waals surface area contributed by atoms with Crippen molar-refractivity contribution in [3.05, 3.63) is 71.3 Å². The number of fused-ring (bicyclic) bond motifs is 1. The van der Waals surface area contributed by atoms with Crippen molar-refractivity contribution in [2.45, 2.75) is 56.5 Å². The molecule has 0 bridgehead atoms. The molecule has 1 saturated carbocycles. The summed E-state index contributed by atoms with van der Waals surface area (Å²) >= 11 is 0. The van der Waals surface area contributed by atoms with E-state index in [1.54, 1.807) is 24.3 Å². The first-order valence-electron chi connectivity index (χ1n) is 11.4. The molecule has 7 nitrogen and oxygen atoms in total. The summed E-state index contributed by atoms with van der Waals surface area (Å²) in [5.74, 6) is -2.02. The van der Waals surface area contributed by atoms with Gasteiger partial charge in [0.2, 0.25) is 5.91 Å². The zero-order chi connectivity index (χ0) is 23.4. The van der Waals surface area contributed by atoms with Crippen LogP contribution in [0.25, 0.3) is 0 Å². The smallest absolute Gasteiger partial charge is 0.331 e. The minimum atomic E-state index is -1.16. The fraction of sp³-hybridized carbons (Fsp3) is 0.385. The Bertz CT molecular complexity index is 1020. The SMILES string of the molecule is COC(=O)C1(NC(=O)[C@@H](Cc2ccccc2)N2C(=O)c3ccccc3C2=O)CCCCCC1. The Morgan fingerprint density at radius 1 is 0.909 bits per heavy atom. The number of hydrogen-bond donors (Lipinski definition) is 1. The molecule has 3 amide bonds. The number of carbonyl (C=O) groups excluding carboxylic acids is 4. The van der Waals surface area contributed by atoms with E-state index in [1.165, 1.54) is 7.11 Å². The first-order valence-corrected chi connectivity index (χ1v) is 11.4. The molecule has 2 aliphatic rings. The number of amides is 3. The van der Waals surface area contributed by atoms with Crippen molar-refractivity contribution in [3.63, 3.8) is 0 Å². The van der Waals surface area contributed by atoms with Gasteiger partial charge in [0.1, 0.15) is 11.6 Å². The third kappa shape index (κ3) is 4.40. The minimum Gasteiger partial charge on any atom is -0.467 e. The summed E-state index contributed by atoms with van der Waals surface area (Å²) < 4.78 is 5.06. The lowest BCUT2D eigenvalue weighted by Crippen LogP contribution is -2.60. The van der Waals surface area contributed by atoms with Gasteiger partial charge in [-0.25, -0.2) is 4.79 Å². The highest BCUT2D eigenvalue weighted by molar-refractivity contribution is 6.23. The Balaban J connectivity index is 1.69. The number of imide groups is 1. The molecule has 2 aromatic carbocycles. The Labute approximate surface area is 193 Å². The lowest BCUT2D eigenvalue weighted by Gasteiger charge is -2.34. The molecular formula is C26H28N2O5. The predicted molar refractivity (Wildman–Crippen MR) is 121 cm³/mol. The van der Waals surface area contributed by atoms with Crippen molar-refractivity contribution in [1.29, 1.82) is 0 Å². The maximum absolute atomic E-state index is 13.7. The Hall–Kier alpha value is -3.48. The van der Waals surface area contributed by atoms with Crippen LogP contribution in [0.15, 0.2) is 54.6 Å². The molecule has 33 heavy (non-hydrogen) atoms. The summed E-state index contributed by atoms with van der Waals surface area (Å²) in [6.45, 7) is 0. The van der Waals surface area contributed by atoms with Crippen molar-refractivity contribution in [2.24, 2.45) is 0 Å². The monoisotopic (exact) mass is 448 g/mol. The second-order valence-corrected chi connectivity index (χ2v) is 8.71. The third-order valence-corrected chi connectivity index (χ3v) is 6.61. The molecule has 1 aliphatic carbocycles. The van der Waals surface area contributed by atoms with Gasteiger partial charge in [0.05, 0.1) is 18.2 Å². The van der Waals surface area contributed by atoms with Crippen LogP contribution in [-0.4, -0.2) is 47.3 Å². The Morgan fingerprint density at radius 2 is 1.45 bits per heavy atom. The van der Waals surface area contributed by atoms with Crippen LogP contribution in [0.3, 0.4) is 0 Å². The van der Waals surface area contributed by atoms with Crippen LogP contribution in [0, 0.1) is 0 Å². The van der Waals surface area contributed by atoms with Crippen LogP contribution in [0.4, 0.5) is 0 Å². The number of nitrogens with zero attached hydrogens (tertiary/aromatic N) is 1. The van der Waals surface area contributed by atoms with Crippen LogP contribution in [0.2, 0.25) is 0 Å². The largest absolute Gasteiger partial charge is 0.467 e. The third-order valence-electron chi connectivity index (χ3n) is 6.61. The van der Waals surface area contributed by atoms with Crippen LogP contribution < -0.4 is 5.32 Å². The number of methoxy groups -OCH3 is 1. The molecule has 0 saturated heterocycles. The number of ether oxygens (including phenoxy) is 1. The highest BCUT2D eigenvalue weighted by Gasteiger charge is 2.47. The van der Waals surface area contributed by atoms with Crippen molar-refractivity contribution in [1.82, 2.24) is 10.2 Å². The van der Waals surface area contributed by atoms with E-state index >= 15 is 0 Å². The molecule has 1 aliphatic heterocycles. The molecule has 1 atom stereocenters. The second-order valence-electron chi connectivity index (χ2n) is 8.71. The molecule has 4 rings (SSSR count). The highest BCUT2D eigenvalue weighted by Crippen LogP contribution is 2.30. The van der Waals surface area contributed by atoms with E-state index in [9.17, 15) is 19.2 Å². The maximum Gasteiger partial charge on any atom is 0.331 e. The van der Waals surface area contributed by atoms with E-state index in [0.29, 0.717) is 12.8 Å². The van der Waals surface area contributed by atoms with Gasteiger partial charge < -0.3 is 10.1 Å². The number of carbonyl (C=O) groups is 4. The zero-order valence-electron chi connectivity index (χ0n) is 18.7. The van der Waals surface area contributed by atoms with E-state index < -0.39 is 35.3 Å². The van der Waals surface area contributed by atoms with Gasteiger partial charge in [-0.15, -0.1) is 0 Å². The van der Waals surface area contributed by atoms with Gasteiger partial charge in [-0.3, -0.25) is 19.3 Å². The van der Waals surface area contributed by atoms with Crippen LogP contribution in [0.5, 0.6) is 0 Å². The molecule has 0 radical (unpaired) electrons. The van der Waals surface area contributed by atoms with Gasteiger partial charge in [-0.2, -0.15) is 0 Å². The number of benzene rings is 2. The zero-order valence-corrected chi connectivity index (χ0v) is 18.7. The number of hydrogen-bond acceptors (Lipinski definition) is 5. The molecule has 0 spiro atoms. The minimum absolute atomic E-state index is 0.148. The van der Waals surface area contributed by atoms with Gasteiger partial charge in [0, 0.05) is 6.42 Å². The summed E-state index contributed by atoms with van der Waals surface area (Å²) in [4.78, 5) is 53.9. The first-order chi connectivity index (χ1) is 16.0. The van der Waals surface area contributed by atoms with E-state index in [1.807, 2.05) is 30.3 Å². The molecule has 0 unspecified atom stereocenters. The van der Waals surface area contributed by atoms with Crippen molar-refractivity contribution in [3.8, 4) is 0 Å². The van der Waals surface area contributed by atoms with Crippen LogP contribution in [-0.2, 0) is 20.7 Å². The summed E-state index contributed by atoms with van der Waals surface area (Å²) in [6.07, 6.45) is 4.59. The van der Waals surface area contributed by atoms with E-state index in [2.05, 4.69) is 5.32 Å².